The fourth-order valence-electron chi connectivity index (χ4n) is 2.05. The van der Waals surface area contributed by atoms with Crippen LogP contribution in [0.1, 0.15) is 74.0 Å². The summed E-state index contributed by atoms with van der Waals surface area (Å²) in [5.41, 5.74) is 1.20. The molecule has 1 N–H and O–H groups in total. The molecule has 1 rings (SSSR count). The second kappa shape index (κ2) is 8.65. The van der Waals surface area contributed by atoms with Gasteiger partial charge in [-0.3, -0.25) is 0 Å². The van der Waals surface area contributed by atoms with Gasteiger partial charge in [-0.1, -0.05) is 39.5 Å². The first-order valence-corrected chi connectivity index (χ1v) is 8.18. The Hall–Kier alpha value is -0.410. The first-order valence-electron chi connectivity index (χ1n) is 7.36. The van der Waals surface area contributed by atoms with Crippen LogP contribution in [0.3, 0.4) is 0 Å². The predicted molar refractivity (Wildman–Crippen MR) is 81.4 cm³/mol. The maximum atomic E-state index is 4.72. The van der Waals surface area contributed by atoms with Crippen molar-refractivity contribution in [2.75, 3.05) is 6.54 Å². The van der Waals surface area contributed by atoms with Gasteiger partial charge < -0.3 is 5.32 Å². The summed E-state index contributed by atoms with van der Waals surface area (Å²) in [7, 11) is 0. The molecule has 0 fully saturated rings. The van der Waals surface area contributed by atoms with E-state index in [1.165, 1.54) is 54.1 Å². The molecular formula is C15H28N2S. The van der Waals surface area contributed by atoms with E-state index in [9.17, 15) is 0 Å². The highest BCUT2D eigenvalue weighted by Gasteiger charge is 2.15. The van der Waals surface area contributed by atoms with Crippen LogP contribution in [0.2, 0.25) is 0 Å². The summed E-state index contributed by atoms with van der Waals surface area (Å²) in [5, 5.41) is 4.94. The molecule has 0 saturated carbocycles. The summed E-state index contributed by atoms with van der Waals surface area (Å²) in [6.07, 6.45) is 7.75. The zero-order valence-electron chi connectivity index (χ0n) is 12.4. The van der Waals surface area contributed by atoms with Crippen molar-refractivity contribution in [2.45, 2.75) is 72.3 Å². The zero-order chi connectivity index (χ0) is 13.4. The van der Waals surface area contributed by atoms with Crippen LogP contribution in [0.15, 0.2) is 0 Å². The van der Waals surface area contributed by atoms with Gasteiger partial charge in [-0.15, -0.1) is 11.3 Å². The second-order valence-electron chi connectivity index (χ2n) is 5.05. The molecule has 0 aliphatic rings. The molecule has 2 nitrogen and oxygen atoms in total. The monoisotopic (exact) mass is 268 g/mol. The molecule has 18 heavy (non-hydrogen) atoms. The standard InChI is InChI=1S/C15H28N2S/c1-5-7-8-9-10-14(16-11-6-2)15-17-12(3)13(4)18-15/h14,16H,5-11H2,1-4H3. The normalized spacial score (nSPS) is 12.9. The van der Waals surface area contributed by atoms with Crippen molar-refractivity contribution in [1.29, 1.82) is 0 Å². The molecule has 104 valence electrons. The third-order valence-electron chi connectivity index (χ3n) is 3.33. The minimum atomic E-state index is 0.471. The topological polar surface area (TPSA) is 24.9 Å². The first kappa shape index (κ1) is 15.6. The van der Waals surface area contributed by atoms with Crippen LogP contribution in [0.4, 0.5) is 0 Å². The lowest BCUT2D eigenvalue weighted by Gasteiger charge is -2.15. The number of aromatic nitrogens is 1. The fourth-order valence-corrected chi connectivity index (χ4v) is 3.09. The Balaban J connectivity index is 2.54. The first-order chi connectivity index (χ1) is 8.69. The average Bonchev–Trinajstić information content (AvgIpc) is 2.68. The molecule has 0 saturated heterocycles. The lowest BCUT2D eigenvalue weighted by Crippen LogP contribution is -2.22. The summed E-state index contributed by atoms with van der Waals surface area (Å²) < 4.78 is 0. The molecule has 0 aliphatic heterocycles. The van der Waals surface area contributed by atoms with Gasteiger partial charge in [-0.2, -0.15) is 0 Å². The molecule has 3 heteroatoms. The molecular weight excluding hydrogens is 240 g/mol. The highest BCUT2D eigenvalue weighted by Crippen LogP contribution is 2.26. The number of hydrogen-bond donors (Lipinski definition) is 1. The number of rotatable bonds is 9. The third kappa shape index (κ3) is 5.07. The van der Waals surface area contributed by atoms with Gasteiger partial charge >= 0.3 is 0 Å². The van der Waals surface area contributed by atoms with Crippen LogP contribution >= 0.6 is 11.3 Å². The number of nitrogens with zero attached hydrogens (tertiary/aromatic N) is 1. The molecule has 0 radical (unpaired) electrons. The van der Waals surface area contributed by atoms with E-state index in [0.717, 1.165) is 6.54 Å². The van der Waals surface area contributed by atoms with E-state index in [0.29, 0.717) is 6.04 Å². The van der Waals surface area contributed by atoms with Crippen LogP contribution in [-0.4, -0.2) is 11.5 Å². The Kier molecular flexibility index (Phi) is 7.52. The summed E-state index contributed by atoms with van der Waals surface area (Å²) in [6, 6.07) is 0.471. The van der Waals surface area contributed by atoms with E-state index < -0.39 is 0 Å². The molecule has 1 unspecified atom stereocenters. The summed E-state index contributed by atoms with van der Waals surface area (Å²) in [6.45, 7) is 9.86. The molecule has 1 aromatic rings. The van der Waals surface area contributed by atoms with Crippen LogP contribution in [0.5, 0.6) is 0 Å². The van der Waals surface area contributed by atoms with E-state index in [-0.39, 0.29) is 0 Å². The van der Waals surface area contributed by atoms with Crippen molar-refractivity contribution >= 4 is 11.3 Å². The fraction of sp³-hybridized carbons (Fsp3) is 0.800. The van der Waals surface area contributed by atoms with Gasteiger partial charge in [0.2, 0.25) is 0 Å². The zero-order valence-corrected chi connectivity index (χ0v) is 13.2. The second-order valence-corrected chi connectivity index (χ2v) is 6.28. The van der Waals surface area contributed by atoms with E-state index in [4.69, 9.17) is 4.98 Å². The maximum absolute atomic E-state index is 4.72. The van der Waals surface area contributed by atoms with E-state index >= 15 is 0 Å². The quantitative estimate of drug-likeness (QED) is 0.652. The Labute approximate surface area is 116 Å². The third-order valence-corrected chi connectivity index (χ3v) is 4.52. The SMILES string of the molecule is CCCCCCC(NCCC)c1nc(C)c(C)s1. The van der Waals surface area contributed by atoms with E-state index in [2.05, 4.69) is 33.0 Å². The van der Waals surface area contributed by atoms with E-state index in [1.54, 1.807) is 0 Å². The number of unbranched alkanes of at least 4 members (excludes halogenated alkanes) is 3. The maximum Gasteiger partial charge on any atom is 0.110 e. The largest absolute Gasteiger partial charge is 0.308 e. The Bertz CT molecular complexity index is 314. The van der Waals surface area contributed by atoms with Crippen molar-refractivity contribution in [2.24, 2.45) is 0 Å². The smallest absolute Gasteiger partial charge is 0.110 e. The number of hydrogen-bond acceptors (Lipinski definition) is 3. The lowest BCUT2D eigenvalue weighted by molar-refractivity contribution is 0.468. The summed E-state index contributed by atoms with van der Waals surface area (Å²) in [4.78, 5) is 6.08. The Morgan fingerprint density at radius 3 is 2.44 bits per heavy atom. The van der Waals surface area contributed by atoms with Crippen molar-refractivity contribution < 1.29 is 0 Å². The van der Waals surface area contributed by atoms with Crippen molar-refractivity contribution in [3.8, 4) is 0 Å². The van der Waals surface area contributed by atoms with Crippen molar-refractivity contribution in [3.63, 3.8) is 0 Å². The van der Waals surface area contributed by atoms with E-state index in [1.807, 2.05) is 11.3 Å². The number of thiazole rings is 1. The number of aryl methyl sites for hydroxylation is 2. The minimum absolute atomic E-state index is 0.471. The van der Waals surface area contributed by atoms with Gasteiger partial charge in [0.1, 0.15) is 5.01 Å². The lowest BCUT2D eigenvalue weighted by atomic mass is 10.1. The highest BCUT2D eigenvalue weighted by atomic mass is 32.1. The van der Waals surface area contributed by atoms with Crippen LogP contribution < -0.4 is 5.32 Å². The van der Waals surface area contributed by atoms with Crippen molar-refractivity contribution in [3.05, 3.63) is 15.6 Å². The van der Waals surface area contributed by atoms with Crippen LogP contribution in [0.25, 0.3) is 0 Å². The molecule has 1 atom stereocenters. The molecule has 0 aliphatic carbocycles. The average molecular weight is 268 g/mol. The van der Waals surface area contributed by atoms with Gasteiger partial charge in [0.15, 0.2) is 0 Å². The highest BCUT2D eigenvalue weighted by molar-refractivity contribution is 7.11. The Morgan fingerprint density at radius 1 is 1.11 bits per heavy atom. The van der Waals surface area contributed by atoms with Gasteiger partial charge in [-0.05, 0) is 33.2 Å². The van der Waals surface area contributed by atoms with Gasteiger partial charge in [0.05, 0.1) is 11.7 Å². The van der Waals surface area contributed by atoms with Crippen LogP contribution in [-0.2, 0) is 0 Å². The molecule has 0 bridgehead atoms. The molecule has 1 heterocycles. The minimum Gasteiger partial charge on any atom is -0.308 e. The molecule has 0 aromatic carbocycles. The van der Waals surface area contributed by atoms with Crippen LogP contribution in [0, 0.1) is 13.8 Å². The predicted octanol–water partition coefficient (Wildman–Crippen LogP) is 4.77. The van der Waals surface area contributed by atoms with Gasteiger partial charge in [0, 0.05) is 4.88 Å². The van der Waals surface area contributed by atoms with Crippen molar-refractivity contribution in [1.82, 2.24) is 10.3 Å². The van der Waals surface area contributed by atoms with Gasteiger partial charge in [-0.25, -0.2) is 4.98 Å². The number of nitrogens with one attached hydrogen (secondary N) is 1. The van der Waals surface area contributed by atoms with Gasteiger partial charge in [0.25, 0.3) is 0 Å². The molecule has 0 spiro atoms. The summed E-state index contributed by atoms with van der Waals surface area (Å²) >= 11 is 1.86. The summed E-state index contributed by atoms with van der Waals surface area (Å²) in [5.74, 6) is 0. The molecule has 0 amide bonds. The molecule has 1 aromatic heterocycles. The Morgan fingerprint density at radius 2 is 1.89 bits per heavy atom.